The van der Waals surface area contributed by atoms with E-state index in [1.54, 1.807) is 4.90 Å². The lowest BCUT2D eigenvalue weighted by atomic mass is 10.1. The van der Waals surface area contributed by atoms with E-state index in [1.165, 1.54) is 0 Å². The van der Waals surface area contributed by atoms with E-state index in [4.69, 9.17) is 10.5 Å². The van der Waals surface area contributed by atoms with E-state index >= 15 is 0 Å². The summed E-state index contributed by atoms with van der Waals surface area (Å²) in [4.78, 5) is 13.4. The van der Waals surface area contributed by atoms with E-state index in [9.17, 15) is 4.79 Å². The second kappa shape index (κ2) is 5.92. The van der Waals surface area contributed by atoms with Crippen LogP contribution in [0.1, 0.15) is 13.8 Å². The number of nitrogens with zero attached hydrogens (tertiary/aromatic N) is 1. The number of carbonyl (C=O) groups is 1. The predicted octanol–water partition coefficient (Wildman–Crippen LogP) is 0.0115. The van der Waals surface area contributed by atoms with Gasteiger partial charge in [-0.2, -0.15) is 0 Å². The summed E-state index contributed by atoms with van der Waals surface area (Å²) >= 11 is 0. The Morgan fingerprint density at radius 2 is 2.07 bits per heavy atom. The highest BCUT2D eigenvalue weighted by Gasteiger charge is 2.17. The molecule has 0 aliphatic carbocycles. The number of carbonyl (C=O) groups excluding carboxylic acids is 1. The Bertz CT molecular complexity index is 203. The van der Waals surface area contributed by atoms with Gasteiger partial charge in [0.2, 0.25) is 0 Å². The highest BCUT2D eigenvalue weighted by atomic mass is 16.5. The molecule has 0 aromatic carbocycles. The van der Waals surface area contributed by atoms with E-state index < -0.39 is 0 Å². The SMILES string of the molecule is CC(C)C(N)CNC(=O)N1CCOCC1. The quantitative estimate of drug-likeness (QED) is 0.697. The van der Waals surface area contributed by atoms with Crippen molar-refractivity contribution < 1.29 is 9.53 Å². The van der Waals surface area contributed by atoms with Crippen LogP contribution in [-0.2, 0) is 4.74 Å². The van der Waals surface area contributed by atoms with Crippen LogP contribution in [-0.4, -0.2) is 49.8 Å². The van der Waals surface area contributed by atoms with Gasteiger partial charge >= 0.3 is 6.03 Å². The fourth-order valence-corrected chi connectivity index (χ4v) is 1.32. The minimum absolute atomic E-state index is 0.0231. The van der Waals surface area contributed by atoms with Crippen LogP contribution >= 0.6 is 0 Å². The summed E-state index contributed by atoms with van der Waals surface area (Å²) in [7, 11) is 0. The Morgan fingerprint density at radius 1 is 1.47 bits per heavy atom. The molecule has 1 rings (SSSR count). The molecule has 1 saturated heterocycles. The van der Waals surface area contributed by atoms with Gasteiger partial charge in [-0.05, 0) is 5.92 Å². The maximum Gasteiger partial charge on any atom is 0.317 e. The van der Waals surface area contributed by atoms with Gasteiger partial charge in [0.15, 0.2) is 0 Å². The van der Waals surface area contributed by atoms with Crippen LogP contribution in [0.25, 0.3) is 0 Å². The number of nitrogens with one attached hydrogen (secondary N) is 1. The summed E-state index contributed by atoms with van der Waals surface area (Å²) in [6.45, 7) is 7.23. The van der Waals surface area contributed by atoms with Crippen LogP contribution in [0.5, 0.6) is 0 Å². The molecule has 2 amide bonds. The second-order valence-electron chi connectivity index (χ2n) is 4.19. The number of ether oxygens (including phenoxy) is 1. The van der Waals surface area contributed by atoms with Gasteiger partial charge in [0.05, 0.1) is 13.2 Å². The van der Waals surface area contributed by atoms with Crippen LogP contribution in [0.2, 0.25) is 0 Å². The number of urea groups is 1. The fourth-order valence-electron chi connectivity index (χ4n) is 1.32. The van der Waals surface area contributed by atoms with Gasteiger partial charge in [0.1, 0.15) is 0 Å². The molecule has 3 N–H and O–H groups in total. The molecule has 0 spiro atoms. The first kappa shape index (κ1) is 12.3. The maximum absolute atomic E-state index is 11.6. The van der Waals surface area contributed by atoms with Gasteiger partial charge in [0.25, 0.3) is 0 Å². The van der Waals surface area contributed by atoms with Crippen LogP contribution in [0.15, 0.2) is 0 Å². The highest BCUT2D eigenvalue weighted by Crippen LogP contribution is 1.99. The van der Waals surface area contributed by atoms with Crippen molar-refractivity contribution in [2.45, 2.75) is 19.9 Å². The third-order valence-corrected chi connectivity index (χ3v) is 2.64. The average Bonchev–Trinajstić information content (AvgIpc) is 2.26. The molecule has 5 heteroatoms. The minimum atomic E-state index is -0.0330. The van der Waals surface area contributed by atoms with Crippen molar-refractivity contribution in [1.82, 2.24) is 10.2 Å². The van der Waals surface area contributed by atoms with E-state index in [-0.39, 0.29) is 12.1 Å². The second-order valence-corrected chi connectivity index (χ2v) is 4.19. The van der Waals surface area contributed by atoms with Crippen molar-refractivity contribution >= 4 is 6.03 Å². The molecule has 88 valence electrons. The molecule has 1 heterocycles. The van der Waals surface area contributed by atoms with Gasteiger partial charge in [-0.3, -0.25) is 0 Å². The van der Waals surface area contributed by atoms with Crippen molar-refractivity contribution in [3.8, 4) is 0 Å². The molecule has 1 aliphatic rings. The molecule has 0 aromatic rings. The lowest BCUT2D eigenvalue weighted by Crippen LogP contribution is -2.49. The molecule has 0 saturated carbocycles. The summed E-state index contributed by atoms with van der Waals surface area (Å²) in [6.07, 6.45) is 0. The Labute approximate surface area is 90.9 Å². The molecular formula is C10H21N3O2. The van der Waals surface area contributed by atoms with E-state index in [0.29, 0.717) is 38.8 Å². The smallest absolute Gasteiger partial charge is 0.317 e. The third kappa shape index (κ3) is 4.05. The fraction of sp³-hybridized carbons (Fsp3) is 0.900. The molecular weight excluding hydrogens is 194 g/mol. The number of hydrogen-bond acceptors (Lipinski definition) is 3. The Morgan fingerprint density at radius 3 is 2.60 bits per heavy atom. The summed E-state index contributed by atoms with van der Waals surface area (Å²) in [5.41, 5.74) is 5.84. The standard InChI is InChI=1S/C10H21N3O2/c1-8(2)9(11)7-12-10(14)13-3-5-15-6-4-13/h8-9H,3-7,11H2,1-2H3,(H,12,14). The van der Waals surface area contributed by atoms with Crippen LogP contribution in [0.3, 0.4) is 0 Å². The van der Waals surface area contributed by atoms with Gasteiger partial charge in [-0.25, -0.2) is 4.79 Å². The van der Waals surface area contributed by atoms with Gasteiger partial charge < -0.3 is 20.7 Å². The molecule has 0 bridgehead atoms. The first-order valence-corrected chi connectivity index (χ1v) is 5.47. The average molecular weight is 215 g/mol. The first-order chi connectivity index (χ1) is 7.11. The molecule has 0 radical (unpaired) electrons. The number of morpholine rings is 1. The Balaban J connectivity index is 2.22. The summed E-state index contributed by atoms with van der Waals surface area (Å²) in [6, 6.07) is -0.00982. The molecule has 1 atom stereocenters. The maximum atomic E-state index is 11.6. The van der Waals surface area contributed by atoms with Gasteiger partial charge in [-0.15, -0.1) is 0 Å². The van der Waals surface area contributed by atoms with Gasteiger partial charge in [-0.1, -0.05) is 13.8 Å². The molecule has 1 aliphatic heterocycles. The number of hydrogen-bond donors (Lipinski definition) is 2. The lowest BCUT2D eigenvalue weighted by Gasteiger charge is -2.27. The van der Waals surface area contributed by atoms with Crippen LogP contribution < -0.4 is 11.1 Å². The number of nitrogens with two attached hydrogens (primary N) is 1. The number of amides is 2. The largest absolute Gasteiger partial charge is 0.378 e. The van der Waals surface area contributed by atoms with E-state index in [1.807, 2.05) is 13.8 Å². The molecule has 1 unspecified atom stereocenters. The topological polar surface area (TPSA) is 67.6 Å². The minimum Gasteiger partial charge on any atom is -0.378 e. The monoisotopic (exact) mass is 215 g/mol. The molecule has 1 fully saturated rings. The van der Waals surface area contributed by atoms with Gasteiger partial charge in [0, 0.05) is 25.7 Å². The highest BCUT2D eigenvalue weighted by molar-refractivity contribution is 5.74. The normalized spacial score (nSPS) is 19.1. The molecule has 0 aromatic heterocycles. The van der Waals surface area contributed by atoms with Crippen molar-refractivity contribution in [2.24, 2.45) is 11.7 Å². The lowest BCUT2D eigenvalue weighted by molar-refractivity contribution is 0.0531. The summed E-state index contributed by atoms with van der Waals surface area (Å²) in [5, 5.41) is 2.84. The summed E-state index contributed by atoms with van der Waals surface area (Å²) in [5.74, 6) is 0.384. The van der Waals surface area contributed by atoms with Crippen molar-refractivity contribution in [2.75, 3.05) is 32.8 Å². The van der Waals surface area contributed by atoms with E-state index in [2.05, 4.69) is 5.32 Å². The van der Waals surface area contributed by atoms with Crippen LogP contribution in [0.4, 0.5) is 4.79 Å². The van der Waals surface area contributed by atoms with Crippen molar-refractivity contribution in [3.05, 3.63) is 0 Å². The number of rotatable bonds is 3. The first-order valence-electron chi connectivity index (χ1n) is 5.47. The zero-order valence-electron chi connectivity index (χ0n) is 9.53. The van der Waals surface area contributed by atoms with Crippen molar-refractivity contribution in [1.29, 1.82) is 0 Å². The third-order valence-electron chi connectivity index (χ3n) is 2.64. The molecule has 15 heavy (non-hydrogen) atoms. The van der Waals surface area contributed by atoms with E-state index in [0.717, 1.165) is 0 Å². The van der Waals surface area contributed by atoms with Crippen LogP contribution in [0, 0.1) is 5.92 Å². The predicted molar refractivity (Wildman–Crippen MR) is 58.6 cm³/mol. The zero-order valence-corrected chi connectivity index (χ0v) is 9.53. The molecule has 5 nitrogen and oxygen atoms in total. The Kier molecular flexibility index (Phi) is 4.84. The summed E-state index contributed by atoms with van der Waals surface area (Å²) < 4.78 is 5.17. The Hall–Kier alpha value is -0.810. The zero-order chi connectivity index (χ0) is 11.3. The van der Waals surface area contributed by atoms with Crippen molar-refractivity contribution in [3.63, 3.8) is 0 Å².